The number of aromatic carboxylic acids is 1. The Morgan fingerprint density at radius 3 is 2.10 bits per heavy atom. The van der Waals surface area contributed by atoms with E-state index in [1.54, 1.807) is 0 Å². The molecule has 2 rings (SSSR count). The average molecular weight is 315 g/mol. The number of carbonyl (C=O) groups is 1. The number of furan rings is 1. The van der Waals surface area contributed by atoms with Crippen molar-refractivity contribution in [2.45, 2.75) is 50.8 Å². The van der Waals surface area contributed by atoms with Crippen LogP contribution in [0.5, 0.6) is 0 Å². The maximum Gasteiger partial charge on any atom is 0.340 e. The minimum atomic E-state index is -3.83. The van der Waals surface area contributed by atoms with Gasteiger partial charge >= 0.3 is 5.97 Å². The number of nitrogens with zero attached hydrogens (tertiary/aromatic N) is 1. The fourth-order valence-electron chi connectivity index (χ4n) is 2.81. The van der Waals surface area contributed by atoms with Crippen molar-refractivity contribution in [2.24, 2.45) is 0 Å². The minimum Gasteiger partial charge on any atom is -0.478 e. The van der Waals surface area contributed by atoms with Crippen LogP contribution in [0.15, 0.2) is 9.31 Å². The van der Waals surface area contributed by atoms with Crippen molar-refractivity contribution in [3.8, 4) is 0 Å². The maximum atomic E-state index is 12.8. The molecule has 1 aliphatic rings. The number of carboxylic acid groups (broad SMARTS) is 1. The van der Waals surface area contributed by atoms with Crippen molar-refractivity contribution in [3.63, 3.8) is 0 Å². The molecule has 0 saturated carbocycles. The van der Waals surface area contributed by atoms with Gasteiger partial charge in [0.2, 0.25) is 10.0 Å². The molecule has 0 amide bonds. The van der Waals surface area contributed by atoms with Crippen LogP contribution in [0.1, 0.15) is 54.0 Å². The first kappa shape index (κ1) is 16.0. The Balaban J connectivity index is 2.45. The van der Waals surface area contributed by atoms with Gasteiger partial charge < -0.3 is 9.52 Å². The number of hydrogen-bond donors (Lipinski definition) is 1. The molecule has 1 aliphatic heterocycles. The number of sulfonamides is 1. The van der Waals surface area contributed by atoms with Gasteiger partial charge in [-0.3, -0.25) is 0 Å². The van der Waals surface area contributed by atoms with E-state index >= 15 is 0 Å². The molecule has 21 heavy (non-hydrogen) atoms. The van der Waals surface area contributed by atoms with E-state index in [1.165, 1.54) is 18.2 Å². The molecule has 7 heteroatoms. The Labute approximate surface area is 124 Å². The van der Waals surface area contributed by atoms with Gasteiger partial charge in [-0.25, -0.2) is 13.2 Å². The smallest absolute Gasteiger partial charge is 0.340 e. The molecule has 0 radical (unpaired) electrons. The van der Waals surface area contributed by atoms with E-state index < -0.39 is 16.0 Å². The summed E-state index contributed by atoms with van der Waals surface area (Å²) in [6.45, 7) is 3.84. The van der Waals surface area contributed by atoms with Gasteiger partial charge in [0.25, 0.3) is 0 Å². The van der Waals surface area contributed by atoms with Crippen LogP contribution in [-0.2, 0) is 10.0 Å². The Bertz CT molecular complexity index is 624. The normalized spacial score (nSPS) is 18.2. The number of hydrogen-bond acceptors (Lipinski definition) is 4. The van der Waals surface area contributed by atoms with Crippen LogP contribution >= 0.6 is 0 Å². The molecule has 0 aliphatic carbocycles. The third kappa shape index (κ3) is 3.13. The third-order valence-corrected chi connectivity index (χ3v) is 5.88. The van der Waals surface area contributed by atoms with Crippen LogP contribution in [0.4, 0.5) is 0 Å². The van der Waals surface area contributed by atoms with Crippen molar-refractivity contribution in [3.05, 3.63) is 17.1 Å². The molecule has 2 heterocycles. The predicted molar refractivity (Wildman–Crippen MR) is 77.0 cm³/mol. The summed E-state index contributed by atoms with van der Waals surface area (Å²) < 4.78 is 32.3. The third-order valence-electron chi connectivity index (χ3n) is 3.83. The molecule has 1 aromatic heterocycles. The summed E-state index contributed by atoms with van der Waals surface area (Å²) in [5.41, 5.74) is -0.241. The molecule has 1 fully saturated rings. The average Bonchev–Trinajstić information content (AvgIpc) is 2.63. The zero-order valence-corrected chi connectivity index (χ0v) is 13.2. The first-order chi connectivity index (χ1) is 9.85. The monoisotopic (exact) mass is 315 g/mol. The Hall–Kier alpha value is -1.34. The molecular formula is C14H21NO5S. The zero-order chi connectivity index (χ0) is 15.6. The second-order valence-electron chi connectivity index (χ2n) is 5.40. The van der Waals surface area contributed by atoms with Crippen LogP contribution in [0.25, 0.3) is 0 Å². The van der Waals surface area contributed by atoms with Crippen LogP contribution in [-0.4, -0.2) is 36.9 Å². The lowest BCUT2D eigenvalue weighted by Crippen LogP contribution is -2.34. The second-order valence-corrected chi connectivity index (χ2v) is 7.27. The first-order valence-electron chi connectivity index (χ1n) is 7.19. The molecule has 1 saturated heterocycles. The van der Waals surface area contributed by atoms with Crippen molar-refractivity contribution in [2.75, 3.05) is 13.1 Å². The fraction of sp³-hybridized carbons (Fsp3) is 0.643. The van der Waals surface area contributed by atoms with E-state index in [0.717, 1.165) is 32.1 Å². The van der Waals surface area contributed by atoms with Crippen LogP contribution < -0.4 is 0 Å². The van der Waals surface area contributed by atoms with E-state index in [4.69, 9.17) is 4.42 Å². The van der Waals surface area contributed by atoms with Crippen molar-refractivity contribution >= 4 is 16.0 Å². The van der Waals surface area contributed by atoms with E-state index in [-0.39, 0.29) is 22.0 Å². The lowest BCUT2D eigenvalue weighted by molar-refractivity contribution is 0.0691. The number of aryl methyl sites for hydroxylation is 2. The topological polar surface area (TPSA) is 87.8 Å². The van der Waals surface area contributed by atoms with Gasteiger partial charge in [0, 0.05) is 13.1 Å². The van der Waals surface area contributed by atoms with E-state index in [2.05, 4.69) is 0 Å². The van der Waals surface area contributed by atoms with Crippen LogP contribution in [0, 0.1) is 13.8 Å². The molecule has 0 unspecified atom stereocenters. The summed E-state index contributed by atoms with van der Waals surface area (Å²) in [6, 6.07) is 0. The summed E-state index contributed by atoms with van der Waals surface area (Å²) in [6.07, 6.45) is 4.73. The number of carboxylic acids is 1. The van der Waals surface area contributed by atoms with Gasteiger partial charge in [-0.15, -0.1) is 0 Å². The van der Waals surface area contributed by atoms with Gasteiger partial charge in [-0.2, -0.15) is 4.31 Å². The quantitative estimate of drug-likeness (QED) is 0.926. The Kier molecular flexibility index (Phi) is 4.73. The van der Waals surface area contributed by atoms with Crippen LogP contribution in [0.2, 0.25) is 0 Å². The number of rotatable bonds is 3. The van der Waals surface area contributed by atoms with Gasteiger partial charge in [0.05, 0.1) is 0 Å². The van der Waals surface area contributed by atoms with Crippen LogP contribution in [0.3, 0.4) is 0 Å². The highest BCUT2D eigenvalue weighted by atomic mass is 32.2. The Morgan fingerprint density at radius 2 is 1.57 bits per heavy atom. The lowest BCUT2D eigenvalue weighted by atomic mass is 10.1. The molecule has 118 valence electrons. The minimum absolute atomic E-state index is 0.130. The van der Waals surface area contributed by atoms with Gasteiger partial charge in [-0.1, -0.05) is 19.3 Å². The molecule has 0 bridgehead atoms. The summed E-state index contributed by atoms with van der Waals surface area (Å²) in [5.74, 6) is -0.993. The molecule has 0 spiro atoms. The summed E-state index contributed by atoms with van der Waals surface area (Å²) >= 11 is 0. The van der Waals surface area contributed by atoms with Crippen molar-refractivity contribution < 1.29 is 22.7 Å². The standard InChI is InChI=1S/C14H21NO5S/c1-10-12(14(16)17)13(11(2)20-10)21(18,19)15-8-6-4-3-5-7-9-15/h3-9H2,1-2H3,(H,16,17). The molecule has 1 N–H and O–H groups in total. The van der Waals surface area contributed by atoms with Crippen molar-refractivity contribution in [1.29, 1.82) is 0 Å². The van der Waals surface area contributed by atoms with Gasteiger partial charge in [0.1, 0.15) is 22.0 Å². The second kappa shape index (κ2) is 6.19. The van der Waals surface area contributed by atoms with Gasteiger partial charge in [-0.05, 0) is 26.7 Å². The van der Waals surface area contributed by atoms with Crippen molar-refractivity contribution in [1.82, 2.24) is 4.31 Å². The summed E-state index contributed by atoms with van der Waals surface area (Å²) in [7, 11) is -3.83. The molecular weight excluding hydrogens is 294 g/mol. The first-order valence-corrected chi connectivity index (χ1v) is 8.63. The van der Waals surface area contributed by atoms with Gasteiger partial charge in [0.15, 0.2) is 0 Å². The predicted octanol–water partition coefficient (Wildman–Crippen LogP) is 2.55. The SMILES string of the molecule is Cc1oc(C)c(S(=O)(=O)N2CCCCCCC2)c1C(=O)O. The van der Waals surface area contributed by atoms with E-state index in [1.807, 2.05) is 0 Å². The lowest BCUT2D eigenvalue weighted by Gasteiger charge is -2.24. The maximum absolute atomic E-state index is 12.8. The largest absolute Gasteiger partial charge is 0.478 e. The molecule has 1 aromatic rings. The highest BCUT2D eigenvalue weighted by molar-refractivity contribution is 7.89. The molecule has 6 nitrogen and oxygen atoms in total. The highest BCUT2D eigenvalue weighted by Gasteiger charge is 2.35. The Morgan fingerprint density at radius 1 is 1.05 bits per heavy atom. The fourth-order valence-corrected chi connectivity index (χ4v) is 4.70. The zero-order valence-electron chi connectivity index (χ0n) is 12.4. The van der Waals surface area contributed by atoms with E-state index in [0.29, 0.717) is 13.1 Å². The molecule has 0 aromatic carbocycles. The molecule has 0 atom stereocenters. The highest BCUT2D eigenvalue weighted by Crippen LogP contribution is 2.30. The van der Waals surface area contributed by atoms with E-state index in [9.17, 15) is 18.3 Å². The summed E-state index contributed by atoms with van der Waals surface area (Å²) in [4.78, 5) is 11.2. The summed E-state index contributed by atoms with van der Waals surface area (Å²) in [5, 5.41) is 9.28.